The van der Waals surface area contributed by atoms with Crippen molar-refractivity contribution < 1.29 is 9.84 Å². The van der Waals surface area contributed by atoms with Gasteiger partial charge in [-0.3, -0.25) is 0 Å². The van der Waals surface area contributed by atoms with E-state index in [0.717, 1.165) is 17.7 Å². The lowest BCUT2D eigenvalue weighted by atomic mass is 9.98. The van der Waals surface area contributed by atoms with Crippen molar-refractivity contribution in [1.29, 1.82) is 0 Å². The average Bonchev–Trinajstić information content (AvgIpc) is 2.47. The summed E-state index contributed by atoms with van der Waals surface area (Å²) in [5, 5.41) is 10.5. The SMILES string of the molecule is CCCOc1ccccc1C(O)Cc1ccccc1C. The fraction of sp³-hybridized carbons (Fsp3) is 0.333. The molecule has 0 fully saturated rings. The fourth-order valence-electron chi connectivity index (χ4n) is 2.26. The minimum absolute atomic E-state index is 0.538. The third-order valence-corrected chi connectivity index (χ3v) is 3.41. The van der Waals surface area contributed by atoms with Gasteiger partial charge >= 0.3 is 0 Å². The van der Waals surface area contributed by atoms with Crippen molar-refractivity contribution in [2.45, 2.75) is 32.8 Å². The third kappa shape index (κ3) is 3.61. The Labute approximate surface area is 121 Å². The van der Waals surface area contributed by atoms with E-state index in [4.69, 9.17) is 4.74 Å². The second kappa shape index (κ2) is 7.11. The topological polar surface area (TPSA) is 29.5 Å². The van der Waals surface area contributed by atoms with Crippen LogP contribution in [-0.4, -0.2) is 11.7 Å². The van der Waals surface area contributed by atoms with Crippen LogP contribution in [0.2, 0.25) is 0 Å². The largest absolute Gasteiger partial charge is 0.493 e. The minimum atomic E-state index is -0.538. The summed E-state index contributed by atoms with van der Waals surface area (Å²) in [6.45, 7) is 4.82. The van der Waals surface area contributed by atoms with Crippen LogP contribution in [0, 0.1) is 6.92 Å². The van der Waals surface area contributed by atoms with Crippen molar-refractivity contribution in [1.82, 2.24) is 0 Å². The molecule has 0 radical (unpaired) electrons. The van der Waals surface area contributed by atoms with E-state index in [1.807, 2.05) is 36.4 Å². The molecule has 2 heteroatoms. The highest BCUT2D eigenvalue weighted by Crippen LogP contribution is 2.28. The van der Waals surface area contributed by atoms with Crippen molar-refractivity contribution in [2.75, 3.05) is 6.61 Å². The van der Waals surface area contributed by atoms with Crippen LogP contribution in [0.4, 0.5) is 0 Å². The number of para-hydroxylation sites is 1. The summed E-state index contributed by atoms with van der Waals surface area (Å²) in [6, 6.07) is 15.9. The zero-order chi connectivity index (χ0) is 14.4. The Morgan fingerprint density at radius 2 is 1.75 bits per heavy atom. The standard InChI is InChI=1S/C18H22O2/c1-3-12-20-18-11-7-6-10-16(18)17(19)13-15-9-5-4-8-14(15)2/h4-11,17,19H,3,12-13H2,1-2H3. The maximum absolute atomic E-state index is 10.5. The molecule has 1 atom stereocenters. The minimum Gasteiger partial charge on any atom is -0.493 e. The first-order valence-electron chi connectivity index (χ1n) is 7.16. The monoisotopic (exact) mass is 270 g/mol. The predicted molar refractivity (Wildman–Crippen MR) is 82.1 cm³/mol. The third-order valence-electron chi connectivity index (χ3n) is 3.41. The molecule has 0 spiro atoms. The van der Waals surface area contributed by atoms with Gasteiger partial charge in [0, 0.05) is 12.0 Å². The van der Waals surface area contributed by atoms with Crippen molar-refractivity contribution in [3.8, 4) is 5.75 Å². The Morgan fingerprint density at radius 3 is 2.50 bits per heavy atom. The summed E-state index contributed by atoms with van der Waals surface area (Å²) in [6.07, 6.45) is 1.03. The predicted octanol–water partition coefficient (Wildman–Crippen LogP) is 4.06. The molecule has 0 aliphatic rings. The summed E-state index contributed by atoms with van der Waals surface area (Å²) in [5.41, 5.74) is 3.24. The van der Waals surface area contributed by atoms with Crippen molar-refractivity contribution in [2.24, 2.45) is 0 Å². The highest BCUT2D eigenvalue weighted by molar-refractivity contribution is 5.37. The van der Waals surface area contributed by atoms with Crippen LogP contribution in [-0.2, 0) is 6.42 Å². The number of benzene rings is 2. The lowest BCUT2D eigenvalue weighted by Gasteiger charge is -2.17. The van der Waals surface area contributed by atoms with Gasteiger partial charge in [0.25, 0.3) is 0 Å². The van der Waals surface area contributed by atoms with E-state index >= 15 is 0 Å². The van der Waals surface area contributed by atoms with Crippen LogP contribution in [0.5, 0.6) is 5.75 Å². The molecule has 0 aromatic heterocycles. The first-order chi connectivity index (χ1) is 9.72. The Morgan fingerprint density at radius 1 is 1.05 bits per heavy atom. The van der Waals surface area contributed by atoms with E-state index in [9.17, 15) is 5.11 Å². The normalized spacial score (nSPS) is 12.2. The molecule has 0 saturated carbocycles. The number of aryl methyl sites for hydroxylation is 1. The van der Waals surface area contributed by atoms with Gasteiger partial charge < -0.3 is 9.84 Å². The second-order valence-corrected chi connectivity index (χ2v) is 5.03. The maximum atomic E-state index is 10.5. The van der Waals surface area contributed by atoms with Gasteiger partial charge in [-0.25, -0.2) is 0 Å². The second-order valence-electron chi connectivity index (χ2n) is 5.03. The molecule has 1 unspecified atom stereocenters. The van der Waals surface area contributed by atoms with Gasteiger partial charge in [0.1, 0.15) is 5.75 Å². The maximum Gasteiger partial charge on any atom is 0.125 e. The van der Waals surface area contributed by atoms with E-state index in [1.54, 1.807) is 0 Å². The summed E-state index contributed by atoms with van der Waals surface area (Å²) in [5.74, 6) is 0.787. The first-order valence-corrected chi connectivity index (χ1v) is 7.16. The molecular formula is C18H22O2. The van der Waals surface area contributed by atoms with E-state index < -0.39 is 6.10 Å². The summed E-state index contributed by atoms with van der Waals surface area (Å²) in [7, 11) is 0. The van der Waals surface area contributed by atoms with E-state index in [0.29, 0.717) is 13.0 Å². The molecule has 106 valence electrons. The lowest BCUT2D eigenvalue weighted by Crippen LogP contribution is -2.06. The number of rotatable bonds is 6. The molecule has 0 aliphatic carbocycles. The number of hydrogen-bond acceptors (Lipinski definition) is 2. The molecular weight excluding hydrogens is 248 g/mol. The molecule has 2 nitrogen and oxygen atoms in total. The van der Waals surface area contributed by atoms with Crippen LogP contribution in [0.25, 0.3) is 0 Å². The lowest BCUT2D eigenvalue weighted by molar-refractivity contribution is 0.171. The van der Waals surface area contributed by atoms with Crippen LogP contribution in [0.1, 0.15) is 36.1 Å². The van der Waals surface area contributed by atoms with Crippen LogP contribution < -0.4 is 4.74 Å². The van der Waals surface area contributed by atoms with Gasteiger partial charge in [0.2, 0.25) is 0 Å². The van der Waals surface area contributed by atoms with E-state index in [-0.39, 0.29) is 0 Å². The molecule has 0 saturated heterocycles. The number of aliphatic hydroxyl groups excluding tert-OH is 1. The highest BCUT2D eigenvalue weighted by atomic mass is 16.5. The highest BCUT2D eigenvalue weighted by Gasteiger charge is 2.14. The molecule has 0 heterocycles. The van der Waals surface area contributed by atoms with Crippen molar-refractivity contribution >= 4 is 0 Å². The van der Waals surface area contributed by atoms with Crippen LogP contribution >= 0.6 is 0 Å². The van der Waals surface area contributed by atoms with Gasteiger partial charge in [-0.05, 0) is 30.5 Å². The van der Waals surface area contributed by atoms with Crippen molar-refractivity contribution in [3.05, 3.63) is 65.2 Å². The molecule has 2 aromatic carbocycles. The molecule has 1 N–H and O–H groups in total. The van der Waals surface area contributed by atoms with E-state index in [2.05, 4.69) is 26.0 Å². The summed E-state index contributed by atoms with van der Waals surface area (Å²) in [4.78, 5) is 0. The van der Waals surface area contributed by atoms with E-state index in [1.165, 1.54) is 11.1 Å². The fourth-order valence-corrected chi connectivity index (χ4v) is 2.26. The smallest absolute Gasteiger partial charge is 0.125 e. The molecule has 0 aliphatic heterocycles. The quantitative estimate of drug-likeness (QED) is 0.857. The molecule has 2 aromatic rings. The van der Waals surface area contributed by atoms with Crippen LogP contribution in [0.15, 0.2) is 48.5 Å². The number of aliphatic hydroxyl groups is 1. The zero-order valence-electron chi connectivity index (χ0n) is 12.2. The summed E-state index contributed by atoms with van der Waals surface area (Å²) >= 11 is 0. The molecule has 0 bridgehead atoms. The zero-order valence-corrected chi connectivity index (χ0v) is 12.2. The van der Waals surface area contributed by atoms with Gasteiger partial charge in [0.05, 0.1) is 12.7 Å². The van der Waals surface area contributed by atoms with Gasteiger partial charge in [-0.15, -0.1) is 0 Å². The number of ether oxygens (including phenoxy) is 1. The molecule has 20 heavy (non-hydrogen) atoms. The Hall–Kier alpha value is -1.80. The average molecular weight is 270 g/mol. The Bertz CT molecular complexity index is 549. The Kier molecular flexibility index (Phi) is 5.19. The van der Waals surface area contributed by atoms with Gasteiger partial charge in [-0.2, -0.15) is 0 Å². The van der Waals surface area contributed by atoms with Crippen LogP contribution in [0.3, 0.4) is 0 Å². The van der Waals surface area contributed by atoms with Gasteiger partial charge in [0.15, 0.2) is 0 Å². The first kappa shape index (κ1) is 14.6. The van der Waals surface area contributed by atoms with Crippen molar-refractivity contribution in [3.63, 3.8) is 0 Å². The van der Waals surface area contributed by atoms with Gasteiger partial charge in [-0.1, -0.05) is 49.4 Å². The Balaban J connectivity index is 2.16. The molecule has 2 rings (SSSR count). The number of hydrogen-bond donors (Lipinski definition) is 1. The molecule has 0 amide bonds. The summed E-state index contributed by atoms with van der Waals surface area (Å²) < 4.78 is 5.72.